The van der Waals surface area contributed by atoms with E-state index in [1.807, 2.05) is 9.80 Å². The average molecular weight is 359 g/mol. The summed E-state index contributed by atoms with van der Waals surface area (Å²) >= 11 is 0. The first-order chi connectivity index (χ1) is 12.6. The van der Waals surface area contributed by atoms with Crippen molar-refractivity contribution >= 4 is 17.6 Å². The van der Waals surface area contributed by atoms with Gasteiger partial charge in [-0.1, -0.05) is 0 Å². The first-order valence-electron chi connectivity index (χ1n) is 9.43. The molecule has 1 spiro atoms. The third-order valence-electron chi connectivity index (χ3n) is 5.88. The molecule has 0 saturated carbocycles. The number of carbonyl (C=O) groups is 2. The van der Waals surface area contributed by atoms with E-state index in [4.69, 9.17) is 0 Å². The molecule has 2 N–H and O–H groups in total. The smallest absolute Gasteiger partial charge is 0.274 e. The maximum Gasteiger partial charge on any atom is 0.274 e. The average Bonchev–Trinajstić information content (AvgIpc) is 3.20. The lowest BCUT2D eigenvalue weighted by atomic mass is 9.71. The van der Waals surface area contributed by atoms with Gasteiger partial charge in [-0.2, -0.15) is 0 Å². The van der Waals surface area contributed by atoms with E-state index >= 15 is 0 Å². The Morgan fingerprint density at radius 3 is 2.81 bits per heavy atom. The van der Waals surface area contributed by atoms with Gasteiger partial charge in [0.2, 0.25) is 5.91 Å². The zero-order chi connectivity index (χ0) is 18.1. The Balaban J connectivity index is 1.56. The highest BCUT2D eigenvalue weighted by Gasteiger charge is 2.50. The number of amides is 2. The van der Waals surface area contributed by atoms with Gasteiger partial charge in [0, 0.05) is 32.7 Å². The third-order valence-corrected chi connectivity index (χ3v) is 5.88. The summed E-state index contributed by atoms with van der Waals surface area (Å²) in [6.07, 6.45) is 6.56. The van der Waals surface area contributed by atoms with Crippen molar-refractivity contribution in [1.29, 1.82) is 0 Å². The number of anilines is 1. The molecule has 8 nitrogen and oxygen atoms in total. The zero-order valence-corrected chi connectivity index (χ0v) is 14.9. The molecule has 140 valence electrons. The second kappa shape index (κ2) is 6.83. The number of carbonyl (C=O) groups excluding carboxylic acids is 2. The molecule has 3 fully saturated rings. The second-order valence-corrected chi connectivity index (χ2v) is 7.50. The van der Waals surface area contributed by atoms with Crippen molar-refractivity contribution in [3.8, 4) is 0 Å². The molecule has 4 rings (SSSR count). The highest BCUT2D eigenvalue weighted by molar-refractivity contribution is 5.92. The van der Waals surface area contributed by atoms with Crippen molar-refractivity contribution in [2.75, 3.05) is 37.6 Å². The van der Waals surface area contributed by atoms with E-state index < -0.39 is 11.5 Å². The van der Waals surface area contributed by atoms with Gasteiger partial charge >= 0.3 is 0 Å². The Morgan fingerprint density at radius 2 is 2.04 bits per heavy atom. The van der Waals surface area contributed by atoms with Gasteiger partial charge < -0.3 is 20.2 Å². The number of hydrogen-bond donors (Lipinski definition) is 2. The number of piperidine rings is 2. The van der Waals surface area contributed by atoms with Gasteiger partial charge in [-0.3, -0.25) is 14.6 Å². The van der Waals surface area contributed by atoms with Crippen molar-refractivity contribution < 1.29 is 14.7 Å². The normalized spacial score (nSPS) is 29.1. The fourth-order valence-electron chi connectivity index (χ4n) is 4.33. The van der Waals surface area contributed by atoms with Crippen molar-refractivity contribution in [2.45, 2.75) is 38.2 Å². The summed E-state index contributed by atoms with van der Waals surface area (Å²) in [6.45, 7) is 3.18. The van der Waals surface area contributed by atoms with Crippen LogP contribution in [0.3, 0.4) is 0 Å². The van der Waals surface area contributed by atoms with Gasteiger partial charge in [0.1, 0.15) is 11.5 Å². The molecule has 2 amide bonds. The minimum absolute atomic E-state index is 0.0842. The summed E-state index contributed by atoms with van der Waals surface area (Å²) in [6, 6.07) is 0. The predicted octanol–water partition coefficient (Wildman–Crippen LogP) is 0.180. The van der Waals surface area contributed by atoms with E-state index in [2.05, 4.69) is 15.3 Å². The molecule has 3 aliphatic heterocycles. The molecule has 0 aliphatic carbocycles. The first kappa shape index (κ1) is 17.2. The van der Waals surface area contributed by atoms with Crippen LogP contribution in [0.1, 0.15) is 42.6 Å². The molecule has 0 radical (unpaired) electrons. The van der Waals surface area contributed by atoms with E-state index in [0.717, 1.165) is 32.4 Å². The van der Waals surface area contributed by atoms with E-state index in [0.29, 0.717) is 44.0 Å². The number of rotatable bonds is 2. The maximum atomic E-state index is 12.6. The molecule has 1 aromatic heterocycles. The summed E-state index contributed by atoms with van der Waals surface area (Å²) < 4.78 is 0. The van der Waals surface area contributed by atoms with Crippen LogP contribution in [0.4, 0.5) is 5.82 Å². The lowest BCUT2D eigenvalue weighted by Crippen LogP contribution is -2.61. The van der Waals surface area contributed by atoms with Crippen LogP contribution >= 0.6 is 0 Å². The third kappa shape index (κ3) is 2.92. The second-order valence-electron chi connectivity index (χ2n) is 7.50. The lowest BCUT2D eigenvalue weighted by Gasteiger charge is -2.47. The SMILES string of the molecule is O=C(c1cncc(N2CC[C@H](O)[C@@]3(CCCNC3=O)C2)n1)N1CCCC1. The van der Waals surface area contributed by atoms with Crippen LogP contribution < -0.4 is 10.2 Å². The predicted molar refractivity (Wildman–Crippen MR) is 94.7 cm³/mol. The van der Waals surface area contributed by atoms with Crippen molar-refractivity contribution in [1.82, 2.24) is 20.2 Å². The van der Waals surface area contributed by atoms with Crippen molar-refractivity contribution in [3.05, 3.63) is 18.1 Å². The number of aliphatic hydroxyl groups is 1. The van der Waals surface area contributed by atoms with Crippen LogP contribution in [-0.4, -0.2) is 70.6 Å². The quantitative estimate of drug-likeness (QED) is 0.782. The molecule has 3 saturated heterocycles. The number of nitrogens with one attached hydrogen (secondary N) is 1. The molecule has 0 unspecified atom stereocenters. The number of hydrogen-bond acceptors (Lipinski definition) is 6. The fraction of sp³-hybridized carbons (Fsp3) is 0.667. The van der Waals surface area contributed by atoms with Gasteiger partial charge in [-0.15, -0.1) is 0 Å². The molecular formula is C18H25N5O3. The molecule has 1 aromatic rings. The molecule has 0 aromatic carbocycles. The fourth-order valence-corrected chi connectivity index (χ4v) is 4.33. The summed E-state index contributed by atoms with van der Waals surface area (Å²) in [5, 5.41) is 13.4. The Kier molecular flexibility index (Phi) is 4.52. The van der Waals surface area contributed by atoms with E-state index in [-0.39, 0.29) is 11.8 Å². The zero-order valence-electron chi connectivity index (χ0n) is 14.9. The number of nitrogens with zero attached hydrogens (tertiary/aromatic N) is 4. The van der Waals surface area contributed by atoms with Gasteiger partial charge in [0.25, 0.3) is 5.91 Å². The summed E-state index contributed by atoms with van der Waals surface area (Å²) in [5.74, 6) is 0.428. The number of aliphatic hydroxyl groups excluding tert-OH is 1. The molecule has 3 aliphatic rings. The summed E-state index contributed by atoms with van der Waals surface area (Å²) in [5.41, 5.74) is -0.453. The maximum absolute atomic E-state index is 12.6. The molecule has 26 heavy (non-hydrogen) atoms. The van der Waals surface area contributed by atoms with Crippen molar-refractivity contribution in [2.24, 2.45) is 5.41 Å². The minimum Gasteiger partial charge on any atom is -0.392 e. The van der Waals surface area contributed by atoms with E-state index in [1.165, 1.54) is 6.20 Å². The van der Waals surface area contributed by atoms with Crippen LogP contribution in [0.15, 0.2) is 12.4 Å². The Labute approximate surface area is 152 Å². The molecular weight excluding hydrogens is 334 g/mol. The van der Waals surface area contributed by atoms with Crippen LogP contribution in [-0.2, 0) is 4.79 Å². The number of aromatic nitrogens is 2. The van der Waals surface area contributed by atoms with Gasteiger partial charge in [0.15, 0.2) is 0 Å². The molecule has 4 heterocycles. The molecule has 0 bridgehead atoms. The number of likely N-dealkylation sites (tertiary alicyclic amines) is 1. The Bertz CT molecular complexity index is 706. The van der Waals surface area contributed by atoms with Gasteiger partial charge in [-0.05, 0) is 32.1 Å². The topological polar surface area (TPSA) is 98.7 Å². The highest BCUT2D eigenvalue weighted by atomic mass is 16.3. The summed E-state index contributed by atoms with van der Waals surface area (Å²) in [4.78, 5) is 37.6. The largest absolute Gasteiger partial charge is 0.392 e. The van der Waals surface area contributed by atoms with Crippen LogP contribution in [0.5, 0.6) is 0 Å². The summed E-state index contributed by atoms with van der Waals surface area (Å²) in [7, 11) is 0. The van der Waals surface area contributed by atoms with Crippen LogP contribution in [0, 0.1) is 5.41 Å². The minimum atomic E-state index is -0.798. The Hall–Kier alpha value is -2.22. The van der Waals surface area contributed by atoms with Crippen molar-refractivity contribution in [3.63, 3.8) is 0 Å². The van der Waals surface area contributed by atoms with Gasteiger partial charge in [0.05, 0.1) is 23.9 Å². The van der Waals surface area contributed by atoms with E-state index in [9.17, 15) is 14.7 Å². The van der Waals surface area contributed by atoms with Crippen LogP contribution in [0.25, 0.3) is 0 Å². The molecule has 8 heteroatoms. The highest BCUT2D eigenvalue weighted by Crippen LogP contribution is 2.38. The monoisotopic (exact) mass is 359 g/mol. The van der Waals surface area contributed by atoms with E-state index in [1.54, 1.807) is 6.20 Å². The van der Waals surface area contributed by atoms with Gasteiger partial charge in [-0.25, -0.2) is 4.98 Å². The standard InChI is InChI=1S/C18H25N5O3/c24-14-4-9-23(12-18(14)5-3-6-20-17(18)26)15-11-19-10-13(21-15)16(25)22-7-1-2-8-22/h10-11,14,24H,1-9,12H2,(H,20,26)/t14-,18+/m0/s1. The lowest BCUT2D eigenvalue weighted by molar-refractivity contribution is -0.142. The Morgan fingerprint density at radius 1 is 1.23 bits per heavy atom. The first-order valence-corrected chi connectivity index (χ1v) is 9.43. The molecule has 2 atom stereocenters. The van der Waals surface area contributed by atoms with Crippen LogP contribution in [0.2, 0.25) is 0 Å².